The van der Waals surface area contributed by atoms with E-state index < -0.39 is 0 Å². The van der Waals surface area contributed by atoms with Crippen molar-refractivity contribution in [2.24, 2.45) is 0 Å². The van der Waals surface area contributed by atoms with Crippen LogP contribution in [-0.4, -0.2) is 26.7 Å². The van der Waals surface area contributed by atoms with E-state index in [9.17, 15) is 4.39 Å². The van der Waals surface area contributed by atoms with Gasteiger partial charge in [-0.25, -0.2) is 4.39 Å². The highest BCUT2D eigenvalue weighted by Gasteiger charge is 2.00. The van der Waals surface area contributed by atoms with Gasteiger partial charge in [0, 0.05) is 19.3 Å². The molecule has 96 valence electrons. The predicted molar refractivity (Wildman–Crippen MR) is 72.1 cm³/mol. The maximum atomic E-state index is 12.7. The Morgan fingerprint density at radius 1 is 1.12 bits per heavy atom. The van der Waals surface area contributed by atoms with E-state index in [4.69, 9.17) is 0 Å². The zero-order valence-electron chi connectivity index (χ0n) is 10.9. The molecule has 1 N–H and O–H groups in total. The normalized spacial score (nSPS) is 10.5. The van der Waals surface area contributed by atoms with Gasteiger partial charge in [-0.1, -0.05) is 13.3 Å². The molecule has 2 nitrogen and oxygen atoms in total. The third-order valence-electron chi connectivity index (χ3n) is 2.86. The van der Waals surface area contributed by atoms with Crippen LogP contribution in [-0.2, 0) is 0 Å². The average Bonchev–Trinajstić information content (AvgIpc) is 2.34. The molecule has 0 unspecified atom stereocenters. The monoisotopic (exact) mass is 238 g/mol. The second-order valence-corrected chi connectivity index (χ2v) is 4.31. The zero-order valence-corrected chi connectivity index (χ0v) is 10.9. The molecule has 3 heteroatoms. The van der Waals surface area contributed by atoms with Crippen molar-refractivity contribution in [3.63, 3.8) is 0 Å². The van der Waals surface area contributed by atoms with Crippen LogP contribution in [0.15, 0.2) is 24.3 Å². The van der Waals surface area contributed by atoms with E-state index in [1.54, 1.807) is 0 Å². The third-order valence-corrected chi connectivity index (χ3v) is 2.86. The summed E-state index contributed by atoms with van der Waals surface area (Å²) in [5.74, 6) is -0.173. The lowest BCUT2D eigenvalue weighted by Gasteiger charge is -2.19. The van der Waals surface area contributed by atoms with Crippen molar-refractivity contribution in [3.8, 4) is 0 Å². The van der Waals surface area contributed by atoms with E-state index in [0.717, 1.165) is 25.3 Å². The maximum Gasteiger partial charge on any atom is 0.123 e. The fourth-order valence-electron chi connectivity index (χ4n) is 1.78. The molecular weight excluding hydrogens is 215 g/mol. The van der Waals surface area contributed by atoms with Gasteiger partial charge in [-0.2, -0.15) is 0 Å². The summed E-state index contributed by atoms with van der Waals surface area (Å²) in [5.41, 5.74) is 1.08. The number of anilines is 1. The number of hydrogen-bond acceptors (Lipinski definition) is 2. The zero-order chi connectivity index (χ0) is 12.5. The van der Waals surface area contributed by atoms with Gasteiger partial charge in [0.1, 0.15) is 5.82 Å². The molecule has 0 spiro atoms. The Morgan fingerprint density at radius 3 is 2.47 bits per heavy atom. The number of rotatable bonds is 8. The summed E-state index contributed by atoms with van der Waals surface area (Å²) in [7, 11) is 2.05. The molecule has 1 aromatic rings. The summed E-state index contributed by atoms with van der Waals surface area (Å²) in [4.78, 5) is 2.17. The van der Waals surface area contributed by atoms with Gasteiger partial charge in [0.15, 0.2) is 0 Å². The van der Waals surface area contributed by atoms with Crippen LogP contribution in [0, 0.1) is 5.82 Å². The first kappa shape index (κ1) is 14.0. The summed E-state index contributed by atoms with van der Waals surface area (Å²) in [6.07, 6.45) is 3.64. The number of hydrogen-bond donors (Lipinski definition) is 1. The van der Waals surface area contributed by atoms with Crippen LogP contribution in [0.5, 0.6) is 0 Å². The Morgan fingerprint density at radius 2 is 1.82 bits per heavy atom. The first-order valence-corrected chi connectivity index (χ1v) is 6.41. The van der Waals surface area contributed by atoms with Crippen molar-refractivity contribution in [3.05, 3.63) is 30.1 Å². The second-order valence-electron chi connectivity index (χ2n) is 4.31. The molecule has 0 saturated carbocycles. The Kier molecular flexibility index (Phi) is 6.63. The summed E-state index contributed by atoms with van der Waals surface area (Å²) in [5, 5.41) is 3.32. The summed E-state index contributed by atoms with van der Waals surface area (Å²) >= 11 is 0. The topological polar surface area (TPSA) is 15.3 Å². The van der Waals surface area contributed by atoms with Crippen molar-refractivity contribution < 1.29 is 4.39 Å². The summed E-state index contributed by atoms with van der Waals surface area (Å²) in [6.45, 7) is 5.31. The van der Waals surface area contributed by atoms with Gasteiger partial charge in [0.05, 0.1) is 0 Å². The van der Waals surface area contributed by atoms with Gasteiger partial charge in [0.25, 0.3) is 0 Å². The molecule has 0 fully saturated rings. The fourth-order valence-corrected chi connectivity index (χ4v) is 1.78. The Hall–Kier alpha value is -1.09. The highest BCUT2D eigenvalue weighted by atomic mass is 19.1. The molecule has 0 heterocycles. The molecule has 0 radical (unpaired) electrons. The Bertz CT molecular complexity index is 298. The molecule has 17 heavy (non-hydrogen) atoms. The predicted octanol–water partition coefficient (Wildman–Crippen LogP) is 3.04. The minimum absolute atomic E-state index is 0.173. The summed E-state index contributed by atoms with van der Waals surface area (Å²) in [6, 6.07) is 6.68. The maximum absolute atomic E-state index is 12.7. The molecule has 0 aliphatic heterocycles. The highest BCUT2D eigenvalue weighted by Crippen LogP contribution is 2.13. The van der Waals surface area contributed by atoms with Crippen LogP contribution in [0.3, 0.4) is 0 Å². The van der Waals surface area contributed by atoms with Crippen LogP contribution in [0.4, 0.5) is 10.1 Å². The molecule has 0 atom stereocenters. The fraction of sp³-hybridized carbons (Fsp3) is 0.571. The van der Waals surface area contributed by atoms with E-state index in [1.807, 2.05) is 12.1 Å². The number of nitrogens with one attached hydrogen (secondary N) is 1. The second kappa shape index (κ2) is 8.07. The Labute approximate surface area is 104 Å². The van der Waals surface area contributed by atoms with E-state index >= 15 is 0 Å². The van der Waals surface area contributed by atoms with Crippen LogP contribution in [0.2, 0.25) is 0 Å². The number of nitrogens with zero attached hydrogens (tertiary/aromatic N) is 1. The van der Waals surface area contributed by atoms with Crippen LogP contribution >= 0.6 is 0 Å². The third kappa shape index (κ3) is 5.68. The first-order chi connectivity index (χ1) is 8.24. The summed E-state index contributed by atoms with van der Waals surface area (Å²) < 4.78 is 12.7. The standard InChI is InChI=1S/C14H23FN2/c1-3-16-11-5-4-6-12-17(2)14-9-7-13(15)8-10-14/h7-10,16H,3-6,11-12H2,1-2H3. The van der Waals surface area contributed by atoms with Crippen molar-refractivity contribution in [1.82, 2.24) is 5.32 Å². The van der Waals surface area contributed by atoms with Crippen molar-refractivity contribution in [1.29, 1.82) is 0 Å². The van der Waals surface area contributed by atoms with Gasteiger partial charge in [-0.05, 0) is 50.2 Å². The number of benzene rings is 1. The lowest BCUT2D eigenvalue weighted by molar-refractivity contribution is 0.614. The molecule has 0 bridgehead atoms. The number of unbranched alkanes of at least 4 members (excludes halogenated alkanes) is 2. The van der Waals surface area contributed by atoms with E-state index in [1.165, 1.54) is 31.4 Å². The van der Waals surface area contributed by atoms with Gasteiger partial charge in [-0.15, -0.1) is 0 Å². The van der Waals surface area contributed by atoms with Crippen molar-refractivity contribution >= 4 is 5.69 Å². The average molecular weight is 238 g/mol. The van der Waals surface area contributed by atoms with Gasteiger partial charge < -0.3 is 10.2 Å². The quantitative estimate of drug-likeness (QED) is 0.700. The van der Waals surface area contributed by atoms with Crippen molar-refractivity contribution in [2.75, 3.05) is 31.6 Å². The molecule has 1 aromatic carbocycles. The smallest absolute Gasteiger partial charge is 0.123 e. The molecule has 0 aliphatic rings. The number of halogens is 1. The van der Waals surface area contributed by atoms with Gasteiger partial charge >= 0.3 is 0 Å². The Balaban J connectivity index is 2.16. The molecule has 1 rings (SSSR count). The minimum atomic E-state index is -0.173. The van der Waals surface area contributed by atoms with E-state index in [0.29, 0.717) is 0 Å². The highest BCUT2D eigenvalue weighted by molar-refractivity contribution is 5.45. The van der Waals surface area contributed by atoms with Gasteiger partial charge in [-0.3, -0.25) is 0 Å². The molecule has 0 amide bonds. The minimum Gasteiger partial charge on any atom is -0.375 e. The van der Waals surface area contributed by atoms with Crippen LogP contribution < -0.4 is 10.2 Å². The SMILES string of the molecule is CCNCCCCCN(C)c1ccc(F)cc1. The molecule has 0 aliphatic carbocycles. The van der Waals surface area contributed by atoms with E-state index in [2.05, 4.69) is 24.2 Å². The lowest BCUT2D eigenvalue weighted by Crippen LogP contribution is -2.19. The molecular formula is C14H23FN2. The van der Waals surface area contributed by atoms with Crippen LogP contribution in [0.1, 0.15) is 26.2 Å². The first-order valence-electron chi connectivity index (χ1n) is 6.41. The largest absolute Gasteiger partial charge is 0.375 e. The van der Waals surface area contributed by atoms with Crippen molar-refractivity contribution in [2.45, 2.75) is 26.2 Å². The van der Waals surface area contributed by atoms with E-state index in [-0.39, 0.29) is 5.82 Å². The lowest BCUT2D eigenvalue weighted by atomic mass is 10.2. The molecule has 0 saturated heterocycles. The molecule has 0 aromatic heterocycles. The van der Waals surface area contributed by atoms with Gasteiger partial charge in [0.2, 0.25) is 0 Å². The van der Waals surface area contributed by atoms with Crippen LogP contribution in [0.25, 0.3) is 0 Å².